The number of hydrogen-bond donors (Lipinski definition) is 19. The van der Waals surface area contributed by atoms with Gasteiger partial charge in [-0.1, -0.05) is 55.2 Å². The number of halogens is 2. The quantitative estimate of drug-likeness (QED) is 0.0751. The summed E-state index contributed by atoms with van der Waals surface area (Å²) in [4.78, 5) is 103. The van der Waals surface area contributed by atoms with E-state index in [0.717, 1.165) is 66.7 Å². The largest absolute Gasteiger partial charge is 0.508 e. The highest BCUT2D eigenvalue weighted by molar-refractivity contribution is 6.32. The molecule has 33 nitrogen and oxygen atoms in total. The molecule has 0 aliphatic carbocycles. The van der Waals surface area contributed by atoms with Crippen LogP contribution in [-0.4, -0.2) is 208 Å². The smallest absolute Gasteiger partial charge is 0.330 e. The Bertz CT molecular complexity index is 4060. The number of likely N-dealkylation sites (N-methyl/N-ethyl adjacent to an activating group) is 1. The topological polar surface area (TPSA) is 525 Å². The third-order valence-corrected chi connectivity index (χ3v) is 18.8. The van der Waals surface area contributed by atoms with Crippen molar-refractivity contribution in [1.29, 1.82) is 0 Å². The van der Waals surface area contributed by atoms with Gasteiger partial charge in [0.25, 0.3) is 0 Å². The van der Waals surface area contributed by atoms with Gasteiger partial charge in [0.1, 0.15) is 89.7 Å². The highest BCUT2D eigenvalue weighted by Gasteiger charge is 2.52. The van der Waals surface area contributed by atoms with Crippen LogP contribution in [0.2, 0.25) is 10.0 Å². The van der Waals surface area contributed by atoms with Crippen LogP contribution in [0.3, 0.4) is 0 Å². The first kappa shape index (κ1) is 75.9. The molecule has 102 heavy (non-hydrogen) atoms. The zero-order valence-corrected chi connectivity index (χ0v) is 56.9. The van der Waals surface area contributed by atoms with Crippen molar-refractivity contribution in [1.82, 2.24) is 36.8 Å². The number of primary amides is 1. The second-order valence-electron chi connectivity index (χ2n) is 26.5. The van der Waals surface area contributed by atoms with Gasteiger partial charge in [0.2, 0.25) is 47.5 Å². The van der Waals surface area contributed by atoms with Crippen molar-refractivity contribution < 1.29 is 118 Å². The van der Waals surface area contributed by atoms with Crippen molar-refractivity contribution >= 4 is 64.6 Å². The molecule has 6 amide bonds. The fraction of sp³-hybridized carbons (Fsp3) is 0.448. The van der Waals surface area contributed by atoms with Gasteiger partial charge < -0.3 is 123 Å². The molecule has 7 aliphatic rings. The number of aliphatic carboxylic acids is 1. The third kappa shape index (κ3) is 16.0. The molecule has 550 valence electrons. The number of nitrogens with two attached hydrogens (primary N) is 2. The predicted molar refractivity (Wildman–Crippen MR) is 355 cm³/mol. The molecular weight excluding hydrogens is 1390 g/mol. The van der Waals surface area contributed by atoms with Crippen LogP contribution in [0, 0.1) is 5.92 Å². The fourth-order valence-electron chi connectivity index (χ4n) is 12.8. The van der Waals surface area contributed by atoms with Crippen molar-refractivity contribution in [3.63, 3.8) is 0 Å². The Labute approximate surface area is 591 Å². The highest BCUT2D eigenvalue weighted by atomic mass is 35.5. The van der Waals surface area contributed by atoms with Gasteiger partial charge in [-0.3, -0.25) is 39.0 Å². The van der Waals surface area contributed by atoms with Crippen LogP contribution >= 0.6 is 23.2 Å². The second kappa shape index (κ2) is 30.7. The van der Waals surface area contributed by atoms with Gasteiger partial charge in [0.15, 0.2) is 29.9 Å². The number of carboxylic acid groups (broad SMARTS) is 1. The minimum atomic E-state index is -2.47. The molecular formula is C67H79Cl2N9O24. The van der Waals surface area contributed by atoms with Crippen LogP contribution in [-0.2, 0) is 47.8 Å². The van der Waals surface area contributed by atoms with Crippen molar-refractivity contribution in [2.45, 2.75) is 162 Å². The first-order valence-electron chi connectivity index (χ1n) is 32.1. The third-order valence-electron chi connectivity index (χ3n) is 18.2. The van der Waals surface area contributed by atoms with E-state index in [1.807, 2.05) is 13.8 Å². The number of nitrogens with zero attached hydrogens (tertiary/aromatic N) is 1. The molecule has 21 N–H and O–H groups in total. The van der Waals surface area contributed by atoms with Gasteiger partial charge in [-0.2, -0.15) is 0 Å². The van der Waals surface area contributed by atoms with E-state index in [9.17, 15) is 80.1 Å². The minimum Gasteiger partial charge on any atom is -0.508 e. The van der Waals surface area contributed by atoms with Gasteiger partial charge in [-0.05, 0) is 117 Å². The number of phenols is 3. The van der Waals surface area contributed by atoms with E-state index in [-0.39, 0.29) is 57.5 Å². The van der Waals surface area contributed by atoms with Crippen molar-refractivity contribution in [3.8, 4) is 57.1 Å². The van der Waals surface area contributed by atoms with Gasteiger partial charge in [-0.25, -0.2) is 4.79 Å². The van der Waals surface area contributed by atoms with E-state index in [4.69, 9.17) is 63.1 Å². The Morgan fingerprint density at radius 3 is 1.93 bits per heavy atom. The Hall–Kier alpha value is -8.75. The summed E-state index contributed by atoms with van der Waals surface area (Å²) < 4.78 is 38.5. The van der Waals surface area contributed by atoms with E-state index >= 15 is 9.59 Å². The summed E-state index contributed by atoms with van der Waals surface area (Å²) in [5.74, 6) is -14.0. The molecule has 19 atom stereocenters. The van der Waals surface area contributed by atoms with Crippen molar-refractivity contribution in [2.24, 2.45) is 17.4 Å². The number of rotatable bonds is 13. The van der Waals surface area contributed by atoms with E-state index < -0.39 is 226 Å². The molecule has 7 heterocycles. The summed E-state index contributed by atoms with van der Waals surface area (Å²) in [5.41, 5.74) is 8.33. The van der Waals surface area contributed by atoms with Crippen molar-refractivity contribution in [3.05, 3.63) is 117 Å². The number of amides is 6. The van der Waals surface area contributed by atoms with Crippen LogP contribution in [0.15, 0.2) is 78.9 Å². The molecule has 12 rings (SSSR count). The highest BCUT2D eigenvalue weighted by Crippen LogP contribution is 2.50. The van der Waals surface area contributed by atoms with E-state index in [1.54, 1.807) is 19.0 Å². The summed E-state index contributed by atoms with van der Waals surface area (Å²) in [6.07, 6.45) is -20.8. The normalized spacial score (nSPS) is 30.1. The number of nitrogens with one attached hydrogen (secondary N) is 6. The average Bonchev–Trinajstić information content (AvgIpc) is 0.769. The van der Waals surface area contributed by atoms with Crippen LogP contribution < -0.4 is 57.6 Å². The maximum atomic E-state index is 15.4. The number of aliphatic hydroxyl groups is 7. The SMILES string of the molecule is CC(C)CC(C(=O)NC1C(=O)NC(CC(N)=O)C(=O)NC2c3cc(c(OC4OC(CO)C(O)C(O)C4OC4CC(C)(N)C(O)C(C)O4)c(c3)Oc3ccc(cc3Cl)C1O)Oc1ccc(cc1Cl)C(O)C1NC(=O)C(NC2O)c2ccc(O)c(c2)-c2c(O)cc(O)cc2C(C(=O)O)NC1=O)N(C)C. The molecule has 2 saturated heterocycles. The van der Waals surface area contributed by atoms with Crippen molar-refractivity contribution in [2.75, 3.05) is 20.7 Å². The van der Waals surface area contributed by atoms with Crippen LogP contribution in [0.4, 0.5) is 0 Å². The molecule has 0 aromatic heterocycles. The lowest BCUT2D eigenvalue weighted by atomic mass is 9.86. The maximum Gasteiger partial charge on any atom is 0.330 e. The summed E-state index contributed by atoms with van der Waals surface area (Å²) in [6.45, 7) is 5.74. The molecule has 7 aliphatic heterocycles. The Kier molecular flexibility index (Phi) is 22.8. The summed E-state index contributed by atoms with van der Waals surface area (Å²) in [6, 6.07) is 0.172. The number of carbonyl (C=O) groups is 7. The zero-order valence-electron chi connectivity index (χ0n) is 55.4. The van der Waals surface area contributed by atoms with Crippen LogP contribution in [0.5, 0.6) is 46.0 Å². The Balaban J connectivity index is 1.24. The molecule has 19 unspecified atom stereocenters. The summed E-state index contributed by atoms with van der Waals surface area (Å²) >= 11 is 14.2. The summed E-state index contributed by atoms with van der Waals surface area (Å²) in [7, 11) is 3.21. The van der Waals surface area contributed by atoms with Crippen LogP contribution in [0.1, 0.15) is 105 Å². The first-order chi connectivity index (χ1) is 48.0. The molecule has 0 saturated carbocycles. The zero-order chi connectivity index (χ0) is 74.4. The molecule has 5 aromatic carbocycles. The van der Waals surface area contributed by atoms with E-state index in [0.29, 0.717) is 0 Å². The number of benzene rings is 5. The number of hydrogen-bond acceptors (Lipinski definition) is 26. The van der Waals surface area contributed by atoms with Crippen LogP contribution in [0.25, 0.3) is 11.1 Å². The molecule has 35 heteroatoms. The fourth-order valence-corrected chi connectivity index (χ4v) is 13.2. The maximum absolute atomic E-state index is 15.4. The standard InChI is InChI=1S/C67H79Cl2N9O24/c1-24(2)13-36(78(5)6)60(90)76-50-52(84)27-8-11-39(33(68)15-27)98-41-17-29-18-42(56(41)102-66-57(55(87)54(86)43(23-79)100-66)101-45-22-67(4,71)58(88)25(3)97-45)99-40-12-9-28(16-34(40)69)53(85)51-64(94)75-49(65(95)96)32-19-30(80)20-38(82)46(32)31-14-26(7-10-37(31)81)47(61(91)77-51)74-62(92)48(29)73-59(89)35(21-44(70)83)72-63(50)93/h7-12,14-20,24-25,35-36,43,45,47-55,57-58,62,66,74,79-82,84-88,92H,13,21-23,71H2,1-6H3,(H2,70,83)(H,72,93)(H,73,89)(H,75,94)(H,76,90)(H,77,91)(H,95,96). The molecule has 0 radical (unpaired) electrons. The minimum absolute atomic E-state index is 0.0859. The number of aliphatic hydroxyl groups excluding tert-OH is 7. The number of carboxylic acids is 1. The predicted octanol–water partition coefficient (Wildman–Crippen LogP) is 0.240. The monoisotopic (exact) mass is 1460 g/mol. The number of phenolic OH excluding ortho intramolecular Hbond substituents is 3. The number of ether oxygens (including phenoxy) is 6. The first-order valence-corrected chi connectivity index (χ1v) is 32.9. The van der Waals surface area contributed by atoms with Gasteiger partial charge in [0.05, 0.1) is 47.4 Å². The lowest BCUT2D eigenvalue weighted by molar-refractivity contribution is -0.333. The number of fused-ring (bicyclic) bond motifs is 15. The molecule has 11 bridgehead atoms. The molecule has 2 fully saturated rings. The van der Waals surface area contributed by atoms with Gasteiger partial charge >= 0.3 is 5.97 Å². The molecule has 0 spiro atoms. The lowest BCUT2D eigenvalue weighted by Gasteiger charge is -2.47. The van der Waals surface area contributed by atoms with Gasteiger partial charge in [0, 0.05) is 34.7 Å². The lowest BCUT2D eigenvalue weighted by Crippen LogP contribution is -2.64. The number of aromatic hydroxyl groups is 3. The van der Waals surface area contributed by atoms with Gasteiger partial charge in [-0.15, -0.1) is 0 Å². The second-order valence-corrected chi connectivity index (χ2v) is 27.3. The Morgan fingerprint density at radius 1 is 0.735 bits per heavy atom. The number of carbonyl (C=O) groups excluding carboxylic acids is 6. The van der Waals surface area contributed by atoms with E-state index in [2.05, 4.69) is 31.9 Å². The Morgan fingerprint density at radius 2 is 1.35 bits per heavy atom. The molecule has 5 aromatic rings. The summed E-state index contributed by atoms with van der Waals surface area (Å²) in [5, 5.41) is 142. The average molecular weight is 1470 g/mol. The van der Waals surface area contributed by atoms with E-state index in [1.165, 1.54) is 26.0 Å².